The molecule has 1 atom stereocenters. The van der Waals surface area contributed by atoms with Crippen LogP contribution in [-0.4, -0.2) is 22.8 Å². The van der Waals surface area contributed by atoms with Crippen molar-refractivity contribution in [1.29, 1.82) is 0 Å². The van der Waals surface area contributed by atoms with Gasteiger partial charge in [-0.25, -0.2) is 4.79 Å². The molecule has 0 aliphatic carbocycles. The number of carbonyl (C=O) groups is 1. The van der Waals surface area contributed by atoms with Gasteiger partial charge in [-0.3, -0.25) is 0 Å². The molecule has 0 saturated carbocycles. The van der Waals surface area contributed by atoms with Crippen molar-refractivity contribution in [3.05, 3.63) is 42.0 Å². The van der Waals surface area contributed by atoms with Gasteiger partial charge in [-0.2, -0.15) is 0 Å². The van der Waals surface area contributed by atoms with Crippen LogP contribution in [0.4, 0.5) is 0 Å². The van der Waals surface area contributed by atoms with Gasteiger partial charge in [-0.1, -0.05) is 24.8 Å². The van der Waals surface area contributed by atoms with E-state index in [4.69, 9.17) is 4.74 Å². The van der Waals surface area contributed by atoms with Crippen molar-refractivity contribution < 1.29 is 14.6 Å². The van der Waals surface area contributed by atoms with Gasteiger partial charge in [0.1, 0.15) is 5.60 Å². The van der Waals surface area contributed by atoms with E-state index < -0.39 is 11.7 Å². The first-order valence-electron chi connectivity index (χ1n) is 5.98. The van der Waals surface area contributed by atoms with Crippen LogP contribution in [0.1, 0.15) is 43.1 Å². The Morgan fingerprint density at radius 3 is 2.44 bits per heavy atom. The molecule has 0 amide bonds. The lowest BCUT2D eigenvalue weighted by atomic mass is 10.0. The summed E-state index contributed by atoms with van der Waals surface area (Å²) in [6.07, 6.45) is 1.62. The van der Waals surface area contributed by atoms with Gasteiger partial charge in [0.2, 0.25) is 0 Å². The largest absolute Gasteiger partial charge is 0.456 e. The number of hydrogen-bond acceptors (Lipinski definition) is 3. The zero-order valence-electron chi connectivity index (χ0n) is 11.1. The molecule has 0 spiro atoms. The molecule has 1 unspecified atom stereocenters. The molecule has 3 nitrogen and oxygen atoms in total. The zero-order valence-corrected chi connectivity index (χ0v) is 11.1. The molecule has 0 bridgehead atoms. The summed E-state index contributed by atoms with van der Waals surface area (Å²) in [5.41, 5.74) is 0.775. The molecule has 0 radical (unpaired) electrons. The Morgan fingerprint density at radius 2 is 2.00 bits per heavy atom. The Morgan fingerprint density at radius 1 is 1.44 bits per heavy atom. The van der Waals surface area contributed by atoms with Crippen LogP contribution < -0.4 is 0 Å². The highest BCUT2D eigenvalue weighted by atomic mass is 16.6. The fourth-order valence-corrected chi connectivity index (χ4v) is 1.82. The number of aliphatic hydroxyl groups excluding tert-OH is 1. The zero-order chi connectivity index (χ0) is 13.8. The van der Waals surface area contributed by atoms with Crippen molar-refractivity contribution in [2.24, 2.45) is 0 Å². The number of rotatable bonds is 5. The maximum absolute atomic E-state index is 11.9. The second-order valence-corrected chi connectivity index (χ2v) is 5.03. The molecule has 98 valence electrons. The maximum Gasteiger partial charge on any atom is 0.338 e. The van der Waals surface area contributed by atoms with Gasteiger partial charge in [0.15, 0.2) is 0 Å². The SMILES string of the molecule is C=Cc1ccc(C(=O)OC(C)(C)CC(C)O)cc1. The maximum atomic E-state index is 11.9. The van der Waals surface area contributed by atoms with Crippen LogP contribution in [-0.2, 0) is 4.74 Å². The molecule has 0 heterocycles. The van der Waals surface area contributed by atoms with Crippen LogP contribution in [0.15, 0.2) is 30.8 Å². The first-order chi connectivity index (χ1) is 8.34. The van der Waals surface area contributed by atoms with Gasteiger partial charge in [0.25, 0.3) is 0 Å². The van der Waals surface area contributed by atoms with Crippen molar-refractivity contribution >= 4 is 12.0 Å². The molecular weight excluding hydrogens is 228 g/mol. The standard InChI is InChI=1S/C15H20O3/c1-5-12-6-8-13(9-7-12)14(17)18-15(3,4)10-11(2)16/h5-9,11,16H,1,10H2,2-4H3. The summed E-state index contributed by atoms with van der Waals surface area (Å²) in [6.45, 7) is 8.90. The highest BCUT2D eigenvalue weighted by molar-refractivity contribution is 5.89. The minimum atomic E-state index is -0.678. The van der Waals surface area contributed by atoms with Crippen molar-refractivity contribution in [2.75, 3.05) is 0 Å². The first-order valence-corrected chi connectivity index (χ1v) is 5.98. The Hall–Kier alpha value is -1.61. The van der Waals surface area contributed by atoms with E-state index in [0.717, 1.165) is 5.56 Å². The number of hydrogen-bond donors (Lipinski definition) is 1. The molecule has 1 aromatic rings. The summed E-state index contributed by atoms with van der Waals surface area (Å²) in [4.78, 5) is 11.9. The lowest BCUT2D eigenvalue weighted by Gasteiger charge is -2.26. The highest BCUT2D eigenvalue weighted by Crippen LogP contribution is 2.19. The average Bonchev–Trinajstić information content (AvgIpc) is 2.26. The lowest BCUT2D eigenvalue weighted by Crippen LogP contribution is -2.31. The van der Waals surface area contributed by atoms with Gasteiger partial charge in [-0.15, -0.1) is 0 Å². The average molecular weight is 248 g/mol. The van der Waals surface area contributed by atoms with Crippen LogP contribution in [0.3, 0.4) is 0 Å². The number of benzene rings is 1. The minimum absolute atomic E-state index is 0.378. The molecule has 0 aliphatic rings. The summed E-state index contributed by atoms with van der Waals surface area (Å²) in [5.74, 6) is -0.378. The van der Waals surface area contributed by atoms with E-state index in [1.54, 1.807) is 39.0 Å². The summed E-state index contributed by atoms with van der Waals surface area (Å²) < 4.78 is 5.38. The van der Waals surface area contributed by atoms with Crippen LogP contribution in [0.2, 0.25) is 0 Å². The Balaban J connectivity index is 2.72. The minimum Gasteiger partial charge on any atom is -0.456 e. The second-order valence-electron chi connectivity index (χ2n) is 5.03. The fraction of sp³-hybridized carbons (Fsp3) is 0.400. The van der Waals surface area contributed by atoms with E-state index in [1.807, 2.05) is 12.1 Å². The van der Waals surface area contributed by atoms with Crippen molar-refractivity contribution in [3.8, 4) is 0 Å². The van der Waals surface area contributed by atoms with Gasteiger partial charge < -0.3 is 9.84 Å². The molecule has 0 fully saturated rings. The molecular formula is C15H20O3. The van der Waals surface area contributed by atoms with E-state index in [1.165, 1.54) is 0 Å². The normalized spacial score (nSPS) is 12.9. The third-order valence-electron chi connectivity index (χ3n) is 2.54. The fourth-order valence-electron chi connectivity index (χ4n) is 1.82. The van der Waals surface area contributed by atoms with Crippen LogP contribution in [0.25, 0.3) is 6.08 Å². The summed E-state index contributed by atoms with van der Waals surface area (Å²) in [7, 11) is 0. The Bertz CT molecular complexity index is 416. The summed E-state index contributed by atoms with van der Waals surface area (Å²) in [6, 6.07) is 7.03. The molecule has 18 heavy (non-hydrogen) atoms. The molecule has 0 aliphatic heterocycles. The highest BCUT2D eigenvalue weighted by Gasteiger charge is 2.25. The van der Waals surface area contributed by atoms with Crippen molar-refractivity contribution in [2.45, 2.75) is 38.9 Å². The van der Waals surface area contributed by atoms with Crippen molar-refractivity contribution in [3.63, 3.8) is 0 Å². The predicted molar refractivity (Wildman–Crippen MR) is 72.3 cm³/mol. The Labute approximate surface area is 108 Å². The van der Waals surface area contributed by atoms with E-state index in [-0.39, 0.29) is 5.97 Å². The molecule has 1 aromatic carbocycles. The topological polar surface area (TPSA) is 46.5 Å². The molecule has 0 aromatic heterocycles. The molecule has 3 heteroatoms. The van der Waals surface area contributed by atoms with Gasteiger partial charge in [0.05, 0.1) is 11.7 Å². The quantitative estimate of drug-likeness (QED) is 0.815. The van der Waals surface area contributed by atoms with Crippen LogP contribution in [0, 0.1) is 0 Å². The smallest absolute Gasteiger partial charge is 0.338 e. The van der Waals surface area contributed by atoms with E-state index in [0.29, 0.717) is 12.0 Å². The number of esters is 1. The predicted octanol–water partition coefficient (Wildman–Crippen LogP) is 3.04. The van der Waals surface area contributed by atoms with Crippen LogP contribution in [0.5, 0.6) is 0 Å². The number of aliphatic hydroxyl groups is 1. The monoisotopic (exact) mass is 248 g/mol. The lowest BCUT2D eigenvalue weighted by molar-refractivity contribution is -0.0210. The number of carbonyl (C=O) groups excluding carboxylic acids is 1. The van der Waals surface area contributed by atoms with E-state index in [2.05, 4.69) is 6.58 Å². The van der Waals surface area contributed by atoms with Gasteiger partial charge in [-0.05, 0) is 38.5 Å². The van der Waals surface area contributed by atoms with Crippen LogP contribution >= 0.6 is 0 Å². The van der Waals surface area contributed by atoms with Gasteiger partial charge in [0, 0.05) is 6.42 Å². The van der Waals surface area contributed by atoms with E-state index >= 15 is 0 Å². The third-order valence-corrected chi connectivity index (χ3v) is 2.54. The Kier molecular flexibility index (Phi) is 4.68. The molecule has 1 N–H and O–H groups in total. The molecule has 0 saturated heterocycles. The second kappa shape index (κ2) is 5.83. The number of ether oxygens (including phenoxy) is 1. The van der Waals surface area contributed by atoms with Gasteiger partial charge >= 0.3 is 5.97 Å². The molecule has 1 rings (SSSR count). The van der Waals surface area contributed by atoms with E-state index in [9.17, 15) is 9.90 Å². The third kappa shape index (κ3) is 4.34. The first kappa shape index (κ1) is 14.5. The summed E-state index contributed by atoms with van der Waals surface area (Å²) >= 11 is 0. The summed E-state index contributed by atoms with van der Waals surface area (Å²) in [5, 5.41) is 9.34. The van der Waals surface area contributed by atoms with Crippen molar-refractivity contribution in [1.82, 2.24) is 0 Å².